The highest BCUT2D eigenvalue weighted by atomic mass is 19.1. The average molecular weight is 480 g/mol. The van der Waals surface area contributed by atoms with E-state index in [9.17, 15) is 19.1 Å². The fourth-order valence-corrected chi connectivity index (χ4v) is 5.33. The smallest absolute Gasteiger partial charge is 0.407 e. The summed E-state index contributed by atoms with van der Waals surface area (Å²) in [5, 5.41) is 15.9. The van der Waals surface area contributed by atoms with Crippen LogP contribution in [0.4, 0.5) is 9.18 Å². The lowest BCUT2D eigenvalue weighted by Gasteiger charge is -2.52. The van der Waals surface area contributed by atoms with Crippen LogP contribution in [-0.4, -0.2) is 53.4 Å². The molecule has 0 bridgehead atoms. The number of amides is 2. The maximum Gasteiger partial charge on any atom is 0.407 e. The molecule has 1 saturated carbocycles. The molecule has 1 spiro atoms. The minimum absolute atomic E-state index is 0.00844. The lowest BCUT2D eigenvalue weighted by Crippen LogP contribution is -2.56. The average Bonchev–Trinajstić information content (AvgIpc) is 3.52. The first-order valence-corrected chi connectivity index (χ1v) is 11.5. The molecule has 2 fully saturated rings. The van der Waals surface area contributed by atoms with Crippen LogP contribution in [-0.2, 0) is 6.42 Å². The van der Waals surface area contributed by atoms with E-state index in [0.717, 1.165) is 24.0 Å². The molecule has 3 atom stereocenters. The highest BCUT2D eigenvalue weighted by Crippen LogP contribution is 2.55. The van der Waals surface area contributed by atoms with Crippen LogP contribution in [0.5, 0.6) is 5.75 Å². The number of carbonyl (C=O) groups is 2. The summed E-state index contributed by atoms with van der Waals surface area (Å²) in [5.74, 6) is 0.685. The standard InChI is InChI=1S/C26H26FN3O5/c1-28-24(31)22-13-20(35-29-22)12-21-23(14-26(21)10-11-30(15-26)25(32)33)34-19-8-4-17(5-9-19)16-2-6-18(27)7-3-16/h2-9,13,21,23H,10-12,14-15H2,1H3,(H,28,31)(H,32,33). The number of likely N-dealkylation sites (tertiary alicyclic amines) is 1. The van der Waals surface area contributed by atoms with Crippen LogP contribution in [0, 0.1) is 17.2 Å². The van der Waals surface area contributed by atoms with Gasteiger partial charge >= 0.3 is 6.09 Å². The minimum Gasteiger partial charge on any atom is -0.490 e. The third-order valence-corrected chi connectivity index (χ3v) is 7.26. The summed E-state index contributed by atoms with van der Waals surface area (Å²) in [6.07, 6.45) is 0.939. The first kappa shape index (κ1) is 22.9. The zero-order valence-corrected chi connectivity index (χ0v) is 19.2. The molecule has 182 valence electrons. The van der Waals surface area contributed by atoms with Crippen LogP contribution in [0.15, 0.2) is 59.1 Å². The molecule has 35 heavy (non-hydrogen) atoms. The van der Waals surface area contributed by atoms with Gasteiger partial charge in [-0.2, -0.15) is 0 Å². The number of aromatic nitrogens is 1. The van der Waals surface area contributed by atoms with Gasteiger partial charge in [-0.25, -0.2) is 9.18 Å². The molecule has 2 aliphatic rings. The molecular weight excluding hydrogens is 453 g/mol. The number of carboxylic acid groups (broad SMARTS) is 1. The first-order chi connectivity index (χ1) is 16.9. The van der Waals surface area contributed by atoms with E-state index in [4.69, 9.17) is 9.26 Å². The van der Waals surface area contributed by atoms with Crippen LogP contribution < -0.4 is 10.1 Å². The predicted octanol–water partition coefficient (Wildman–Crippen LogP) is 4.22. The topological polar surface area (TPSA) is 105 Å². The highest BCUT2D eigenvalue weighted by Gasteiger charge is 2.58. The largest absolute Gasteiger partial charge is 0.490 e. The van der Waals surface area contributed by atoms with Crippen LogP contribution in [0.25, 0.3) is 11.1 Å². The molecule has 2 N–H and O–H groups in total. The number of nitrogens with zero attached hydrogens (tertiary/aromatic N) is 2. The Hall–Kier alpha value is -3.88. The molecule has 2 amide bonds. The lowest BCUT2D eigenvalue weighted by atomic mass is 9.56. The Bertz CT molecular complexity index is 1230. The number of hydrogen-bond donors (Lipinski definition) is 2. The van der Waals surface area contributed by atoms with E-state index >= 15 is 0 Å². The summed E-state index contributed by atoms with van der Waals surface area (Å²) in [7, 11) is 1.53. The third-order valence-electron chi connectivity index (χ3n) is 7.26. The Morgan fingerprint density at radius 2 is 1.89 bits per heavy atom. The molecule has 1 aliphatic heterocycles. The van der Waals surface area contributed by atoms with Gasteiger partial charge in [0.25, 0.3) is 5.91 Å². The van der Waals surface area contributed by atoms with Crippen molar-refractivity contribution < 1.29 is 28.3 Å². The fourth-order valence-electron chi connectivity index (χ4n) is 5.33. The summed E-state index contributed by atoms with van der Waals surface area (Å²) in [6.45, 7) is 0.942. The van der Waals surface area contributed by atoms with Gasteiger partial charge in [0.2, 0.25) is 0 Å². The number of ether oxygens (including phenoxy) is 1. The van der Waals surface area contributed by atoms with Gasteiger partial charge in [0.15, 0.2) is 5.69 Å². The summed E-state index contributed by atoms with van der Waals surface area (Å²) in [6, 6.07) is 15.6. The predicted molar refractivity (Wildman–Crippen MR) is 125 cm³/mol. The zero-order chi connectivity index (χ0) is 24.6. The third kappa shape index (κ3) is 4.45. The van der Waals surface area contributed by atoms with Crippen molar-refractivity contribution in [3.8, 4) is 16.9 Å². The van der Waals surface area contributed by atoms with E-state index in [1.54, 1.807) is 18.2 Å². The van der Waals surface area contributed by atoms with Crippen molar-refractivity contribution in [1.82, 2.24) is 15.4 Å². The summed E-state index contributed by atoms with van der Waals surface area (Å²) >= 11 is 0. The summed E-state index contributed by atoms with van der Waals surface area (Å²) < 4.78 is 25.0. The van der Waals surface area contributed by atoms with Crippen molar-refractivity contribution in [3.05, 3.63) is 71.9 Å². The second-order valence-electron chi connectivity index (χ2n) is 9.28. The fraction of sp³-hybridized carbons (Fsp3) is 0.346. The molecule has 1 aliphatic carbocycles. The van der Waals surface area contributed by atoms with Crippen molar-refractivity contribution in [1.29, 1.82) is 0 Å². The van der Waals surface area contributed by atoms with Gasteiger partial charge < -0.3 is 24.6 Å². The van der Waals surface area contributed by atoms with E-state index in [-0.39, 0.29) is 34.9 Å². The van der Waals surface area contributed by atoms with Gasteiger partial charge in [0.05, 0.1) is 0 Å². The highest BCUT2D eigenvalue weighted by molar-refractivity contribution is 5.91. The van der Waals surface area contributed by atoms with Crippen LogP contribution >= 0.6 is 0 Å². The molecule has 9 heteroatoms. The SMILES string of the molecule is CNC(=O)c1cc(CC2C(Oc3ccc(-c4ccc(F)cc4)cc3)CC23CCN(C(=O)O)C3)on1. The van der Waals surface area contributed by atoms with Crippen LogP contribution in [0.3, 0.4) is 0 Å². The molecule has 5 rings (SSSR count). The van der Waals surface area contributed by atoms with Crippen molar-refractivity contribution >= 4 is 12.0 Å². The molecule has 2 aromatic carbocycles. The van der Waals surface area contributed by atoms with Gasteiger partial charge in [0.1, 0.15) is 23.4 Å². The van der Waals surface area contributed by atoms with Gasteiger partial charge in [-0.1, -0.05) is 29.4 Å². The van der Waals surface area contributed by atoms with Crippen molar-refractivity contribution in [3.63, 3.8) is 0 Å². The quantitative estimate of drug-likeness (QED) is 0.549. The van der Waals surface area contributed by atoms with Crippen molar-refractivity contribution in [2.75, 3.05) is 20.1 Å². The molecule has 1 saturated heterocycles. The Morgan fingerprint density at radius 1 is 1.20 bits per heavy atom. The number of benzene rings is 2. The first-order valence-electron chi connectivity index (χ1n) is 11.5. The molecule has 8 nitrogen and oxygen atoms in total. The molecule has 3 unspecified atom stereocenters. The second-order valence-corrected chi connectivity index (χ2v) is 9.28. The summed E-state index contributed by atoms with van der Waals surface area (Å²) in [4.78, 5) is 24.9. The zero-order valence-electron chi connectivity index (χ0n) is 19.2. The number of halogens is 1. The molecule has 1 aromatic heterocycles. The molecule has 0 radical (unpaired) electrons. The summed E-state index contributed by atoms with van der Waals surface area (Å²) in [5.41, 5.74) is 1.88. The van der Waals surface area contributed by atoms with Gasteiger partial charge in [-0.15, -0.1) is 0 Å². The minimum atomic E-state index is -0.914. The number of carbonyl (C=O) groups excluding carboxylic acids is 1. The molecule has 3 aromatic rings. The molecular formula is C26H26FN3O5. The van der Waals surface area contributed by atoms with Crippen LogP contribution in [0.1, 0.15) is 29.1 Å². The monoisotopic (exact) mass is 479 g/mol. The Labute approximate surface area is 201 Å². The van der Waals surface area contributed by atoms with Gasteiger partial charge in [0, 0.05) is 44.0 Å². The Kier molecular flexibility index (Phi) is 5.92. The number of rotatable bonds is 6. The van der Waals surface area contributed by atoms with Crippen molar-refractivity contribution in [2.45, 2.75) is 25.4 Å². The van der Waals surface area contributed by atoms with Gasteiger partial charge in [-0.3, -0.25) is 4.79 Å². The maximum atomic E-state index is 13.2. The van der Waals surface area contributed by atoms with Gasteiger partial charge in [-0.05, 0) is 48.2 Å². The Balaban J connectivity index is 1.32. The van der Waals surface area contributed by atoms with Crippen LogP contribution in [0.2, 0.25) is 0 Å². The van der Waals surface area contributed by atoms with E-state index in [0.29, 0.717) is 31.0 Å². The van der Waals surface area contributed by atoms with E-state index in [1.807, 2.05) is 24.3 Å². The number of hydrogen-bond acceptors (Lipinski definition) is 5. The normalized spacial score (nSPS) is 23.2. The molecule has 2 heterocycles. The van der Waals surface area contributed by atoms with E-state index < -0.39 is 6.09 Å². The maximum absolute atomic E-state index is 13.2. The van der Waals surface area contributed by atoms with E-state index in [1.165, 1.54) is 24.1 Å². The van der Waals surface area contributed by atoms with E-state index in [2.05, 4.69) is 10.5 Å². The lowest BCUT2D eigenvalue weighted by molar-refractivity contribution is -0.0871. The number of nitrogens with one attached hydrogen (secondary N) is 1. The van der Waals surface area contributed by atoms with Crippen molar-refractivity contribution in [2.24, 2.45) is 11.3 Å². The Morgan fingerprint density at radius 3 is 2.51 bits per heavy atom. The second kappa shape index (κ2) is 9.05.